The lowest BCUT2D eigenvalue weighted by molar-refractivity contribution is -0.557. The van der Waals surface area contributed by atoms with Gasteiger partial charge in [0.15, 0.2) is 0 Å². The van der Waals surface area contributed by atoms with Crippen LogP contribution >= 0.6 is 45.2 Å². The average molecular weight is 534 g/mol. The van der Waals surface area contributed by atoms with Gasteiger partial charge in [-0.05, 0) is 82.1 Å². The zero-order valence-corrected chi connectivity index (χ0v) is 17.3. The summed E-state index contributed by atoms with van der Waals surface area (Å²) in [7, 11) is 0. The van der Waals surface area contributed by atoms with E-state index in [2.05, 4.69) is 69.4 Å². The Morgan fingerprint density at radius 1 is 0.542 bits per heavy atom. The lowest BCUT2D eigenvalue weighted by Crippen LogP contribution is -3.13. The Labute approximate surface area is 168 Å². The highest BCUT2D eigenvalue weighted by atomic mass is 127. The molecule has 24 heavy (non-hydrogen) atoms. The lowest BCUT2D eigenvalue weighted by atomic mass is 8.95. The van der Waals surface area contributed by atoms with E-state index >= 15 is 0 Å². The van der Waals surface area contributed by atoms with Gasteiger partial charge in [-0.3, -0.25) is 0 Å². The van der Waals surface area contributed by atoms with Crippen molar-refractivity contribution in [2.45, 2.75) is 17.7 Å². The Kier molecular flexibility index (Phi) is 1.17. The highest BCUT2D eigenvalue weighted by Gasteiger charge is 3.10. The van der Waals surface area contributed by atoms with Crippen LogP contribution < -0.4 is 0 Å². The Morgan fingerprint density at radius 2 is 0.875 bits per heavy atom. The number of rotatable bonds is 2. The van der Waals surface area contributed by atoms with Crippen molar-refractivity contribution in [3.8, 4) is 0 Å². The normalized spacial score (nSPS) is 89.1. The number of halogens is 2. The smallest absolute Gasteiger partial charge is 0.0325 e. The molecule has 0 aromatic heterocycles. The summed E-state index contributed by atoms with van der Waals surface area (Å²) in [6.45, 7) is 0. The van der Waals surface area contributed by atoms with Gasteiger partial charge >= 0.3 is 0 Å². The second-order valence-corrected chi connectivity index (χ2v) is 15.1. The molecule has 0 aliphatic heterocycles. The molecule has 118 valence electrons. The van der Waals surface area contributed by atoms with E-state index in [1.807, 2.05) is 11.1 Å². The van der Waals surface area contributed by atoms with Crippen molar-refractivity contribution in [1.29, 1.82) is 0 Å². The molecule has 1 aromatic carbocycles. The third-order valence-corrected chi connectivity index (χ3v) is 17.2. The maximum Gasteiger partial charge on any atom is 0.0325 e. The first-order valence-corrected chi connectivity index (χ1v) is 12.3. The maximum absolute atomic E-state index is 2.87. The summed E-state index contributed by atoms with van der Waals surface area (Å²) in [5.74, 6) is 13.7. The van der Waals surface area contributed by atoms with Crippen LogP contribution in [-0.4, -0.2) is 6.84 Å². The number of benzene rings is 1. The van der Waals surface area contributed by atoms with E-state index in [-0.39, 0.29) is 0 Å². The van der Waals surface area contributed by atoms with Crippen LogP contribution in [0.4, 0.5) is 0 Å². The summed E-state index contributed by atoms with van der Waals surface area (Å²) in [5, 5.41) is 0. The molecule has 0 heterocycles. The monoisotopic (exact) mass is 534 g/mol. The van der Waals surface area contributed by atoms with E-state index < -0.39 is 0 Å². The van der Waals surface area contributed by atoms with E-state index in [1.54, 1.807) is 0 Å². The van der Waals surface area contributed by atoms with Crippen LogP contribution in [0.25, 0.3) is 0 Å². The second-order valence-electron chi connectivity index (χ2n) is 11.4. The van der Waals surface area contributed by atoms with E-state index in [1.165, 1.54) is 0 Å². The van der Waals surface area contributed by atoms with E-state index in [0.29, 0.717) is 0 Å². The number of alkyl halides is 2. The molecule has 1 aromatic rings. The molecule has 12 aliphatic carbocycles. The molecular formula is C22H16I2. The third-order valence-electron chi connectivity index (χ3n) is 12.9. The van der Waals surface area contributed by atoms with Gasteiger partial charge in [0, 0.05) is 17.7 Å². The van der Waals surface area contributed by atoms with Crippen LogP contribution in [-0.2, 0) is 10.8 Å². The first kappa shape index (κ1) is 11.5. The SMILES string of the molecule is IC12C3C4C1C1C2C3C41c1cccc(C23C4C5C2C2C3C4C52I)c1. The fourth-order valence-electron chi connectivity index (χ4n) is 13.0. The Balaban J connectivity index is 1.08. The van der Waals surface area contributed by atoms with Crippen LogP contribution in [0.1, 0.15) is 11.1 Å². The lowest BCUT2D eigenvalue weighted by Gasteiger charge is -3.11. The molecule has 12 aliphatic rings. The fourth-order valence-corrected chi connectivity index (χ4v) is 17.7. The molecule has 0 unspecified atom stereocenters. The minimum absolute atomic E-state index is 0.728. The van der Waals surface area contributed by atoms with Gasteiger partial charge in [0.25, 0.3) is 0 Å². The van der Waals surface area contributed by atoms with Gasteiger partial charge < -0.3 is 0 Å². The van der Waals surface area contributed by atoms with E-state index in [4.69, 9.17) is 0 Å². The molecule has 2 heteroatoms. The molecule has 0 N–H and O–H groups in total. The van der Waals surface area contributed by atoms with Gasteiger partial charge in [-0.2, -0.15) is 0 Å². The Bertz CT molecular complexity index is 836. The largest absolute Gasteiger partial charge is 0.0779 e. The predicted octanol–water partition coefficient (Wildman–Crippen LogP) is 4.04. The molecule has 12 saturated carbocycles. The van der Waals surface area contributed by atoms with Gasteiger partial charge in [0.2, 0.25) is 0 Å². The first-order valence-electron chi connectivity index (χ1n) is 10.2. The van der Waals surface area contributed by atoms with Crippen molar-refractivity contribution < 1.29 is 0 Å². The van der Waals surface area contributed by atoms with Gasteiger partial charge in [-0.25, -0.2) is 0 Å². The molecule has 0 nitrogen and oxygen atoms in total. The fraction of sp³-hybridized carbons (Fsp3) is 0.727. The minimum atomic E-state index is 0.728. The summed E-state index contributed by atoms with van der Waals surface area (Å²) in [5.41, 5.74) is 5.10. The van der Waals surface area contributed by atoms with Gasteiger partial charge in [0.05, 0.1) is 0 Å². The zero-order valence-electron chi connectivity index (χ0n) is 13.0. The molecule has 12 fully saturated rings. The molecule has 0 amide bonds. The summed E-state index contributed by atoms with van der Waals surface area (Å²) in [6.07, 6.45) is 0. The second kappa shape index (κ2) is 2.44. The number of hydrogen-bond donors (Lipinski definition) is 0. The third kappa shape index (κ3) is 0.524. The topological polar surface area (TPSA) is 0 Å². The summed E-state index contributed by atoms with van der Waals surface area (Å²) in [6, 6.07) is 10.3. The Hall–Kier alpha value is 0.680. The summed E-state index contributed by atoms with van der Waals surface area (Å²) < 4.78 is 1.67. The molecule has 0 spiro atoms. The zero-order chi connectivity index (χ0) is 14.9. The van der Waals surface area contributed by atoms with Crippen molar-refractivity contribution >= 4 is 45.2 Å². The van der Waals surface area contributed by atoms with Crippen LogP contribution in [0, 0.1) is 71.0 Å². The van der Waals surface area contributed by atoms with Crippen molar-refractivity contribution in [3.63, 3.8) is 0 Å². The van der Waals surface area contributed by atoms with Crippen molar-refractivity contribution in [2.75, 3.05) is 0 Å². The van der Waals surface area contributed by atoms with Crippen molar-refractivity contribution in [3.05, 3.63) is 35.4 Å². The quantitative estimate of drug-likeness (QED) is 0.397. The summed E-state index contributed by atoms with van der Waals surface area (Å²) in [4.78, 5) is 0. The van der Waals surface area contributed by atoms with E-state index in [9.17, 15) is 0 Å². The van der Waals surface area contributed by atoms with Gasteiger partial charge in [-0.15, -0.1) is 0 Å². The first-order chi connectivity index (χ1) is 11.7. The molecule has 0 atom stereocenters. The highest BCUT2D eigenvalue weighted by Crippen LogP contribution is 3.10. The van der Waals surface area contributed by atoms with Crippen LogP contribution in [0.5, 0.6) is 0 Å². The molecule has 13 rings (SSSR count). The Morgan fingerprint density at radius 3 is 1.21 bits per heavy atom. The van der Waals surface area contributed by atoms with Crippen LogP contribution in [0.15, 0.2) is 24.3 Å². The molecule has 0 saturated heterocycles. The standard InChI is InChI=1S/C22H16I2/c23-21-13-7-14(21)9-15(21)8(13)19(7,9)5-2-1-3-6(4-5)20-10-16-11(20)18-12(20)17(10)22(16,18)24/h1-4,7-18H. The molecule has 0 bridgehead atoms. The molecular weight excluding hydrogens is 518 g/mol. The van der Waals surface area contributed by atoms with E-state index in [0.717, 1.165) is 88.7 Å². The minimum Gasteiger partial charge on any atom is -0.0779 e. The summed E-state index contributed by atoms with van der Waals surface area (Å²) >= 11 is 5.74. The van der Waals surface area contributed by atoms with Crippen molar-refractivity contribution in [2.24, 2.45) is 71.0 Å². The van der Waals surface area contributed by atoms with Gasteiger partial charge in [-0.1, -0.05) is 69.4 Å². The molecule has 0 radical (unpaired) electrons. The van der Waals surface area contributed by atoms with Gasteiger partial charge in [0.1, 0.15) is 0 Å². The number of hydrogen-bond acceptors (Lipinski definition) is 0. The predicted molar refractivity (Wildman–Crippen MR) is 105 cm³/mol. The van der Waals surface area contributed by atoms with Crippen molar-refractivity contribution in [1.82, 2.24) is 0 Å². The van der Waals surface area contributed by atoms with Crippen LogP contribution in [0.3, 0.4) is 0 Å². The highest BCUT2D eigenvalue weighted by molar-refractivity contribution is 14.1. The maximum atomic E-state index is 2.87. The van der Waals surface area contributed by atoms with Crippen LogP contribution in [0.2, 0.25) is 0 Å². The average Bonchev–Trinajstić information content (AvgIpc) is 2.63.